The van der Waals surface area contributed by atoms with E-state index in [0.717, 1.165) is 5.56 Å². The second-order valence-corrected chi connectivity index (χ2v) is 5.54. The Bertz CT molecular complexity index is 656. The van der Waals surface area contributed by atoms with Crippen molar-refractivity contribution in [2.45, 2.75) is 25.0 Å². The monoisotopic (exact) mass is 297 g/mol. The molecule has 114 valence electrons. The number of hydrogen-bond donors (Lipinski definition) is 2. The first-order valence-electron chi connectivity index (χ1n) is 7.42. The maximum atomic E-state index is 12.4. The second-order valence-electron chi connectivity index (χ2n) is 5.54. The molecule has 0 aromatic heterocycles. The van der Waals surface area contributed by atoms with Crippen molar-refractivity contribution in [3.63, 3.8) is 0 Å². The second kappa shape index (κ2) is 6.20. The minimum atomic E-state index is -0.753. The van der Waals surface area contributed by atoms with Crippen LogP contribution in [0.3, 0.4) is 0 Å². The molecule has 1 heterocycles. The van der Waals surface area contributed by atoms with Crippen molar-refractivity contribution < 1.29 is 14.6 Å². The summed E-state index contributed by atoms with van der Waals surface area (Å²) in [5.41, 5.74) is 1.66. The van der Waals surface area contributed by atoms with Gasteiger partial charge in [-0.1, -0.05) is 48.5 Å². The summed E-state index contributed by atoms with van der Waals surface area (Å²) in [6, 6.07) is 16.5. The van der Waals surface area contributed by atoms with Crippen LogP contribution >= 0.6 is 0 Å². The van der Waals surface area contributed by atoms with Crippen molar-refractivity contribution in [1.29, 1.82) is 0 Å². The van der Waals surface area contributed by atoms with Crippen molar-refractivity contribution in [2.24, 2.45) is 0 Å². The van der Waals surface area contributed by atoms with Gasteiger partial charge in [-0.3, -0.25) is 4.79 Å². The molecule has 0 radical (unpaired) electrons. The average molecular weight is 297 g/mol. The van der Waals surface area contributed by atoms with Gasteiger partial charge < -0.3 is 15.2 Å². The van der Waals surface area contributed by atoms with E-state index in [-0.39, 0.29) is 18.4 Å². The molecule has 1 aliphatic rings. The first-order valence-corrected chi connectivity index (χ1v) is 7.42. The van der Waals surface area contributed by atoms with Gasteiger partial charge >= 0.3 is 0 Å². The van der Waals surface area contributed by atoms with E-state index in [1.165, 1.54) is 0 Å². The lowest BCUT2D eigenvalue weighted by molar-refractivity contribution is -0.124. The Labute approximate surface area is 129 Å². The van der Waals surface area contributed by atoms with Gasteiger partial charge in [-0.2, -0.15) is 0 Å². The van der Waals surface area contributed by atoms with Crippen LogP contribution in [-0.4, -0.2) is 23.7 Å². The average Bonchev–Trinajstić information content (AvgIpc) is 2.57. The van der Waals surface area contributed by atoms with Crippen molar-refractivity contribution in [3.05, 3.63) is 65.7 Å². The van der Waals surface area contributed by atoms with Crippen LogP contribution in [0.2, 0.25) is 0 Å². The molecule has 2 unspecified atom stereocenters. The molecule has 0 aliphatic carbocycles. The molecule has 3 atom stereocenters. The number of carbonyl (C=O) groups is 1. The zero-order chi connectivity index (χ0) is 15.5. The normalized spacial score (nSPS) is 21.4. The van der Waals surface area contributed by atoms with Crippen molar-refractivity contribution in [2.75, 3.05) is 6.61 Å². The molecule has 2 aromatic carbocycles. The molecule has 0 saturated carbocycles. The van der Waals surface area contributed by atoms with Gasteiger partial charge in [0.1, 0.15) is 18.5 Å². The number of nitrogens with one attached hydrogen (secondary N) is 1. The number of amides is 1. The van der Waals surface area contributed by atoms with Gasteiger partial charge in [0.15, 0.2) is 0 Å². The van der Waals surface area contributed by atoms with E-state index in [1.54, 1.807) is 0 Å². The minimum Gasteiger partial charge on any atom is -0.491 e. The molecule has 2 aromatic rings. The molecule has 1 aliphatic heterocycles. The number of hydrogen-bond acceptors (Lipinski definition) is 3. The van der Waals surface area contributed by atoms with E-state index < -0.39 is 12.1 Å². The molecule has 2 N–H and O–H groups in total. The lowest BCUT2D eigenvalue weighted by Crippen LogP contribution is -2.46. The van der Waals surface area contributed by atoms with E-state index in [2.05, 4.69) is 5.32 Å². The molecule has 0 saturated heterocycles. The van der Waals surface area contributed by atoms with Crippen LogP contribution in [0.5, 0.6) is 5.75 Å². The molecule has 1 amide bonds. The van der Waals surface area contributed by atoms with E-state index >= 15 is 0 Å². The molecule has 4 nitrogen and oxygen atoms in total. The number of carbonyl (C=O) groups excluding carboxylic acids is 1. The maximum Gasteiger partial charge on any atom is 0.227 e. The fourth-order valence-corrected chi connectivity index (χ4v) is 2.67. The zero-order valence-electron chi connectivity index (χ0n) is 12.4. The van der Waals surface area contributed by atoms with E-state index in [0.29, 0.717) is 11.3 Å². The lowest BCUT2D eigenvalue weighted by Gasteiger charge is -2.31. The van der Waals surface area contributed by atoms with Crippen molar-refractivity contribution in [3.8, 4) is 5.75 Å². The molecular weight excluding hydrogens is 278 g/mol. The lowest BCUT2D eigenvalue weighted by atomic mass is 9.96. The number of aliphatic hydroxyl groups is 1. The Balaban J connectivity index is 1.70. The molecule has 22 heavy (non-hydrogen) atoms. The van der Waals surface area contributed by atoms with Crippen LogP contribution in [-0.2, 0) is 4.79 Å². The first-order chi connectivity index (χ1) is 10.7. The Morgan fingerprint density at radius 2 is 1.86 bits per heavy atom. The highest BCUT2D eigenvalue weighted by Crippen LogP contribution is 2.31. The van der Waals surface area contributed by atoms with Gasteiger partial charge in [0, 0.05) is 5.56 Å². The molecule has 4 heteroatoms. The minimum absolute atomic E-state index is 0.113. The van der Waals surface area contributed by atoms with Gasteiger partial charge in [-0.15, -0.1) is 0 Å². The third-order valence-corrected chi connectivity index (χ3v) is 4.06. The van der Waals surface area contributed by atoms with Gasteiger partial charge in [-0.25, -0.2) is 0 Å². The summed E-state index contributed by atoms with van der Waals surface area (Å²) in [6.07, 6.45) is -0.753. The Morgan fingerprint density at radius 3 is 2.64 bits per heavy atom. The smallest absolute Gasteiger partial charge is 0.227 e. The van der Waals surface area contributed by atoms with Gasteiger partial charge in [0.2, 0.25) is 5.91 Å². The van der Waals surface area contributed by atoms with Gasteiger partial charge in [0.05, 0.1) is 12.0 Å². The fourth-order valence-electron chi connectivity index (χ4n) is 2.67. The highest BCUT2D eigenvalue weighted by Gasteiger charge is 2.31. The number of benzene rings is 2. The van der Waals surface area contributed by atoms with Crippen LogP contribution < -0.4 is 10.1 Å². The highest BCUT2D eigenvalue weighted by atomic mass is 16.5. The summed E-state index contributed by atoms with van der Waals surface area (Å²) in [4.78, 5) is 12.4. The predicted octanol–water partition coefficient (Wildman–Crippen LogP) is 2.40. The standard InChI is InChI=1S/C18H19NO3/c1-12(13-7-3-2-4-8-13)18(21)19-15-11-22-16-10-6-5-9-14(16)17(15)20/h2-10,12,15,17,20H,11H2,1H3,(H,19,21)/t12-,15?,17?/m0/s1. The van der Waals surface area contributed by atoms with Crippen LogP contribution in [0.4, 0.5) is 0 Å². The third-order valence-electron chi connectivity index (χ3n) is 4.06. The molecule has 0 bridgehead atoms. The van der Waals surface area contributed by atoms with Gasteiger partial charge in [0.25, 0.3) is 0 Å². The topological polar surface area (TPSA) is 58.6 Å². The number of aliphatic hydroxyl groups excluding tert-OH is 1. The van der Waals surface area contributed by atoms with Crippen LogP contribution in [0.1, 0.15) is 30.1 Å². The number of fused-ring (bicyclic) bond motifs is 1. The molecule has 0 fully saturated rings. The highest BCUT2D eigenvalue weighted by molar-refractivity contribution is 5.83. The van der Waals surface area contributed by atoms with Gasteiger partial charge in [-0.05, 0) is 18.6 Å². The number of rotatable bonds is 3. The predicted molar refractivity (Wildman–Crippen MR) is 83.7 cm³/mol. The summed E-state index contributed by atoms with van der Waals surface area (Å²) >= 11 is 0. The van der Waals surface area contributed by atoms with Crippen molar-refractivity contribution in [1.82, 2.24) is 5.32 Å². The Hall–Kier alpha value is -2.33. The summed E-state index contributed by atoms with van der Waals surface area (Å²) in [5, 5.41) is 13.3. The number of para-hydroxylation sites is 1. The largest absolute Gasteiger partial charge is 0.491 e. The summed E-state index contributed by atoms with van der Waals surface area (Å²) in [7, 11) is 0. The zero-order valence-corrected chi connectivity index (χ0v) is 12.4. The van der Waals surface area contributed by atoms with E-state index in [9.17, 15) is 9.90 Å². The van der Waals surface area contributed by atoms with E-state index in [1.807, 2.05) is 61.5 Å². The summed E-state index contributed by atoms with van der Waals surface area (Å²) in [5.74, 6) is 0.292. The maximum absolute atomic E-state index is 12.4. The first kappa shape index (κ1) is 14.6. The quantitative estimate of drug-likeness (QED) is 0.914. The molecule has 0 spiro atoms. The van der Waals surface area contributed by atoms with E-state index in [4.69, 9.17) is 4.74 Å². The Kier molecular flexibility index (Phi) is 4.11. The summed E-state index contributed by atoms with van der Waals surface area (Å²) < 4.78 is 5.62. The van der Waals surface area contributed by atoms with Crippen LogP contribution in [0.15, 0.2) is 54.6 Å². The third kappa shape index (κ3) is 2.83. The van der Waals surface area contributed by atoms with Crippen LogP contribution in [0, 0.1) is 0 Å². The van der Waals surface area contributed by atoms with Crippen LogP contribution in [0.25, 0.3) is 0 Å². The summed E-state index contributed by atoms with van der Waals surface area (Å²) in [6.45, 7) is 2.13. The van der Waals surface area contributed by atoms with Crippen molar-refractivity contribution >= 4 is 5.91 Å². The number of ether oxygens (including phenoxy) is 1. The SMILES string of the molecule is C[C@H](C(=O)NC1COc2ccccc2C1O)c1ccccc1. The molecule has 3 rings (SSSR count). The Morgan fingerprint density at radius 1 is 1.18 bits per heavy atom. The molecular formula is C18H19NO3. The fraction of sp³-hybridized carbons (Fsp3) is 0.278.